The molecule has 4 atom stereocenters. The maximum absolute atomic E-state index is 5.71. The molecule has 5 rings (SSSR count). The second-order valence-electron chi connectivity index (χ2n) is 4.79. The summed E-state index contributed by atoms with van der Waals surface area (Å²) >= 11 is 0. The van der Waals surface area contributed by atoms with E-state index in [4.69, 9.17) is 28.4 Å². The van der Waals surface area contributed by atoms with Crippen molar-refractivity contribution in [3.8, 4) is 0 Å². The number of ether oxygens (including phenoxy) is 6. The van der Waals surface area contributed by atoms with Gasteiger partial charge in [0.25, 0.3) is 0 Å². The monoisotopic (exact) mass is 228 g/mol. The Morgan fingerprint density at radius 1 is 0.562 bits per heavy atom. The molecule has 5 fully saturated rings. The van der Waals surface area contributed by atoms with Crippen molar-refractivity contribution in [2.24, 2.45) is 0 Å². The van der Waals surface area contributed by atoms with Gasteiger partial charge in [0.15, 0.2) is 0 Å². The van der Waals surface area contributed by atoms with Gasteiger partial charge in [-0.25, -0.2) is 0 Å². The molecule has 4 aliphatic heterocycles. The topological polar surface area (TPSA) is 62.0 Å². The largest absolute Gasteiger partial charge is 0.358 e. The fourth-order valence-electron chi connectivity index (χ4n) is 3.32. The minimum Gasteiger partial charge on any atom is -0.358 e. The van der Waals surface area contributed by atoms with E-state index in [1.165, 1.54) is 0 Å². The molecule has 0 bridgehead atoms. The minimum absolute atomic E-state index is 0.100. The first-order valence-electron chi connectivity index (χ1n) is 5.74. The average Bonchev–Trinajstić information content (AvgIpc) is 3.20. The Hall–Kier alpha value is -0.240. The van der Waals surface area contributed by atoms with Crippen LogP contribution >= 0.6 is 0 Å². The predicted molar refractivity (Wildman–Crippen MR) is 46.6 cm³/mol. The van der Waals surface area contributed by atoms with Gasteiger partial charge < -0.3 is 28.4 Å². The van der Waals surface area contributed by atoms with Gasteiger partial charge in [0.2, 0.25) is 11.6 Å². The maximum Gasteiger partial charge on any atom is 0.227 e. The molecule has 16 heavy (non-hydrogen) atoms. The third-order valence-corrected chi connectivity index (χ3v) is 4.05. The van der Waals surface area contributed by atoms with Crippen LogP contribution in [0.15, 0.2) is 0 Å². The van der Waals surface area contributed by atoms with Crippen molar-refractivity contribution >= 4 is 0 Å². The summed E-state index contributed by atoms with van der Waals surface area (Å²) in [5.41, 5.74) is 0. The highest BCUT2D eigenvalue weighted by Crippen LogP contribution is 2.62. The SMILES string of the molecule is C1COC2(O1)[C@@H]1O[C@@H]1C1(OCCO1)[C@@H]1O[C@@H]12. The van der Waals surface area contributed by atoms with Crippen LogP contribution in [0, 0.1) is 0 Å². The lowest BCUT2D eigenvalue weighted by molar-refractivity contribution is -0.211. The fourth-order valence-corrected chi connectivity index (χ4v) is 3.32. The van der Waals surface area contributed by atoms with E-state index in [1.54, 1.807) is 0 Å². The van der Waals surface area contributed by atoms with Crippen LogP contribution in [-0.2, 0) is 28.4 Å². The van der Waals surface area contributed by atoms with Gasteiger partial charge in [-0.15, -0.1) is 0 Å². The van der Waals surface area contributed by atoms with Crippen molar-refractivity contribution in [1.29, 1.82) is 0 Å². The van der Waals surface area contributed by atoms with Gasteiger partial charge in [0.1, 0.15) is 24.4 Å². The van der Waals surface area contributed by atoms with Gasteiger partial charge in [-0.2, -0.15) is 0 Å². The van der Waals surface area contributed by atoms with E-state index in [1.807, 2.05) is 0 Å². The summed E-state index contributed by atoms with van der Waals surface area (Å²) in [6.45, 7) is 2.42. The van der Waals surface area contributed by atoms with E-state index in [0.717, 1.165) is 0 Å². The second kappa shape index (κ2) is 2.45. The summed E-state index contributed by atoms with van der Waals surface area (Å²) in [5.74, 6) is -1.37. The van der Waals surface area contributed by atoms with E-state index in [2.05, 4.69) is 0 Å². The highest BCUT2D eigenvalue weighted by molar-refractivity contribution is 5.25. The van der Waals surface area contributed by atoms with Crippen molar-refractivity contribution in [3.05, 3.63) is 0 Å². The lowest BCUT2D eigenvalue weighted by Crippen LogP contribution is -2.57. The summed E-state index contributed by atoms with van der Waals surface area (Å²) in [6, 6.07) is 0. The van der Waals surface area contributed by atoms with E-state index in [9.17, 15) is 0 Å². The van der Waals surface area contributed by atoms with Gasteiger partial charge in [-0.3, -0.25) is 0 Å². The standard InChI is InChI=1S/C10H12O6/c1-2-12-9(11-1)5-7(15-5)10(8-6(9)16-8)13-3-4-14-10/h5-8H,1-4H2/t5-,6+,7+,8-. The molecule has 0 unspecified atom stereocenters. The van der Waals surface area contributed by atoms with Crippen LogP contribution in [0.2, 0.25) is 0 Å². The fraction of sp³-hybridized carbons (Fsp3) is 1.00. The maximum atomic E-state index is 5.71. The van der Waals surface area contributed by atoms with Crippen molar-refractivity contribution in [2.75, 3.05) is 26.4 Å². The first-order chi connectivity index (χ1) is 7.87. The molecule has 1 aliphatic carbocycles. The molecule has 6 heteroatoms. The Balaban J connectivity index is 1.55. The van der Waals surface area contributed by atoms with Crippen LogP contribution in [0.5, 0.6) is 0 Å². The van der Waals surface area contributed by atoms with E-state index < -0.39 is 11.6 Å². The number of epoxide rings is 2. The second-order valence-corrected chi connectivity index (χ2v) is 4.79. The Labute approximate surface area is 91.7 Å². The zero-order valence-corrected chi connectivity index (χ0v) is 8.59. The van der Waals surface area contributed by atoms with Gasteiger partial charge in [0.05, 0.1) is 26.4 Å². The molecule has 0 aromatic heterocycles. The van der Waals surface area contributed by atoms with Gasteiger partial charge >= 0.3 is 0 Å². The molecule has 0 aromatic rings. The molecule has 88 valence electrons. The van der Waals surface area contributed by atoms with Crippen molar-refractivity contribution in [3.63, 3.8) is 0 Å². The summed E-state index contributed by atoms with van der Waals surface area (Å²) in [4.78, 5) is 0. The quantitative estimate of drug-likeness (QED) is 0.497. The lowest BCUT2D eigenvalue weighted by atomic mass is 9.89. The predicted octanol–water partition coefficient (Wildman–Crippen LogP) is -0.979. The minimum atomic E-state index is -0.685. The Morgan fingerprint density at radius 2 is 0.875 bits per heavy atom. The van der Waals surface area contributed by atoms with Gasteiger partial charge in [0, 0.05) is 0 Å². The van der Waals surface area contributed by atoms with E-state index in [-0.39, 0.29) is 24.4 Å². The normalized spacial score (nSPS) is 54.0. The van der Waals surface area contributed by atoms with Crippen molar-refractivity contribution in [1.82, 2.24) is 0 Å². The summed E-state index contributed by atoms with van der Waals surface area (Å²) in [6.07, 6.45) is -0.401. The number of hydrogen-bond donors (Lipinski definition) is 0. The molecule has 4 saturated heterocycles. The van der Waals surface area contributed by atoms with Crippen molar-refractivity contribution < 1.29 is 28.4 Å². The van der Waals surface area contributed by atoms with Gasteiger partial charge in [-0.05, 0) is 0 Å². The molecule has 5 aliphatic rings. The summed E-state index contributed by atoms with van der Waals surface area (Å²) in [7, 11) is 0. The molecular formula is C10H12O6. The summed E-state index contributed by atoms with van der Waals surface area (Å²) < 4.78 is 34.2. The van der Waals surface area contributed by atoms with E-state index >= 15 is 0 Å². The van der Waals surface area contributed by atoms with Crippen LogP contribution in [0.25, 0.3) is 0 Å². The lowest BCUT2D eigenvalue weighted by Gasteiger charge is -2.32. The first-order valence-corrected chi connectivity index (χ1v) is 5.74. The third kappa shape index (κ3) is 0.775. The molecule has 4 heterocycles. The van der Waals surface area contributed by atoms with Crippen LogP contribution < -0.4 is 0 Å². The smallest absolute Gasteiger partial charge is 0.227 e. The van der Waals surface area contributed by atoms with Crippen LogP contribution in [-0.4, -0.2) is 62.4 Å². The molecule has 0 amide bonds. The van der Waals surface area contributed by atoms with Crippen LogP contribution in [0.3, 0.4) is 0 Å². The Kier molecular flexibility index (Phi) is 1.35. The average molecular weight is 228 g/mol. The summed E-state index contributed by atoms with van der Waals surface area (Å²) in [5, 5.41) is 0. The Bertz CT molecular complexity index is 291. The van der Waals surface area contributed by atoms with Gasteiger partial charge in [-0.1, -0.05) is 0 Å². The van der Waals surface area contributed by atoms with Crippen molar-refractivity contribution in [2.45, 2.75) is 36.0 Å². The Morgan fingerprint density at radius 3 is 1.19 bits per heavy atom. The number of rotatable bonds is 0. The zero-order valence-electron chi connectivity index (χ0n) is 8.59. The zero-order chi connectivity index (χ0) is 10.4. The molecular weight excluding hydrogens is 216 g/mol. The highest BCUT2D eigenvalue weighted by Gasteiger charge is 2.86. The van der Waals surface area contributed by atoms with Crippen LogP contribution in [0.4, 0.5) is 0 Å². The molecule has 1 saturated carbocycles. The molecule has 0 aromatic carbocycles. The first kappa shape index (κ1) is 8.79. The highest BCUT2D eigenvalue weighted by atomic mass is 16.8. The number of fused-ring (bicyclic) bond motifs is 6. The molecule has 0 N–H and O–H groups in total. The molecule has 6 nitrogen and oxygen atoms in total. The number of hydrogen-bond acceptors (Lipinski definition) is 6. The third-order valence-electron chi connectivity index (χ3n) is 4.05. The molecule has 2 spiro atoms. The van der Waals surface area contributed by atoms with Crippen LogP contribution in [0.1, 0.15) is 0 Å². The molecule has 0 radical (unpaired) electrons. The van der Waals surface area contributed by atoms with E-state index in [0.29, 0.717) is 26.4 Å².